The van der Waals surface area contributed by atoms with Crippen LogP contribution in [0.4, 0.5) is 22.1 Å². The third-order valence-electron chi connectivity index (χ3n) is 5.58. The number of aromatic nitrogens is 4. The number of alkyl carbamates (subject to hydrolysis) is 1. The summed E-state index contributed by atoms with van der Waals surface area (Å²) in [6.45, 7) is 5.54. The van der Waals surface area contributed by atoms with E-state index in [4.69, 9.17) is 4.74 Å². The molecule has 0 radical (unpaired) electrons. The number of nitriles is 1. The summed E-state index contributed by atoms with van der Waals surface area (Å²) in [7, 11) is 0. The van der Waals surface area contributed by atoms with E-state index in [-0.39, 0.29) is 12.1 Å². The van der Waals surface area contributed by atoms with Gasteiger partial charge in [0.25, 0.3) is 0 Å². The van der Waals surface area contributed by atoms with E-state index < -0.39 is 11.7 Å². The summed E-state index contributed by atoms with van der Waals surface area (Å²) in [5, 5.41) is 27.6. The maximum absolute atomic E-state index is 12.3. The van der Waals surface area contributed by atoms with E-state index in [9.17, 15) is 10.1 Å². The van der Waals surface area contributed by atoms with E-state index in [0.29, 0.717) is 17.2 Å². The van der Waals surface area contributed by atoms with Crippen LogP contribution in [0.3, 0.4) is 0 Å². The van der Waals surface area contributed by atoms with Crippen LogP contribution in [0, 0.1) is 11.3 Å². The Morgan fingerprint density at radius 3 is 2.57 bits per heavy atom. The molecular formula is C25H30N8O2. The number of amides is 1. The number of ether oxygens (including phenoxy) is 1. The average Bonchev–Trinajstić information content (AvgIpc) is 3.35. The van der Waals surface area contributed by atoms with E-state index in [1.54, 1.807) is 24.5 Å². The molecule has 0 saturated heterocycles. The van der Waals surface area contributed by atoms with Gasteiger partial charge in [0.15, 0.2) is 5.82 Å². The lowest BCUT2D eigenvalue weighted by Crippen LogP contribution is -2.49. The van der Waals surface area contributed by atoms with E-state index in [1.807, 2.05) is 45.0 Å². The minimum atomic E-state index is -0.554. The zero-order valence-corrected chi connectivity index (χ0v) is 20.2. The Kier molecular flexibility index (Phi) is 7.15. The van der Waals surface area contributed by atoms with Gasteiger partial charge in [-0.2, -0.15) is 20.3 Å². The lowest BCUT2D eigenvalue weighted by atomic mass is 9.90. The van der Waals surface area contributed by atoms with Crippen LogP contribution in [-0.2, 0) is 4.74 Å². The third kappa shape index (κ3) is 6.47. The number of hydrogen-bond acceptors (Lipinski definition) is 8. The summed E-state index contributed by atoms with van der Waals surface area (Å²) in [6.07, 6.45) is 6.64. The standard InChI is InChI=1S/C25H30N8O2/c1-25(2,3)35-24(34)31-21-10-5-4-9-20(21)30-22-12-11-17(16-26)23(32-22)29-18-7-6-8-19(15-18)33-27-13-14-28-33/h6-8,11-15,20-21H,4-5,9-10H2,1-3H3,(H,31,34)(H2,29,30,32)/t20-,21+/m1/s1. The Labute approximate surface area is 204 Å². The molecule has 1 aliphatic carbocycles. The Balaban J connectivity index is 1.50. The highest BCUT2D eigenvalue weighted by Crippen LogP contribution is 2.26. The topological polar surface area (TPSA) is 130 Å². The summed E-state index contributed by atoms with van der Waals surface area (Å²) in [4.78, 5) is 18.5. The summed E-state index contributed by atoms with van der Waals surface area (Å²) in [5.41, 5.74) is 1.40. The van der Waals surface area contributed by atoms with Crippen LogP contribution in [0.25, 0.3) is 5.69 Å². The molecule has 1 amide bonds. The Morgan fingerprint density at radius 1 is 1.11 bits per heavy atom. The van der Waals surface area contributed by atoms with Gasteiger partial charge in [0.05, 0.1) is 29.7 Å². The smallest absolute Gasteiger partial charge is 0.407 e. The number of pyridine rings is 1. The van der Waals surface area contributed by atoms with Crippen molar-refractivity contribution in [1.29, 1.82) is 5.26 Å². The largest absolute Gasteiger partial charge is 0.444 e. The van der Waals surface area contributed by atoms with Crippen molar-refractivity contribution >= 4 is 23.4 Å². The number of hydrogen-bond donors (Lipinski definition) is 3. The second-order valence-corrected chi connectivity index (χ2v) is 9.49. The van der Waals surface area contributed by atoms with Crippen molar-refractivity contribution in [2.24, 2.45) is 0 Å². The minimum absolute atomic E-state index is 0.00114. The van der Waals surface area contributed by atoms with Crippen LogP contribution in [-0.4, -0.2) is 43.8 Å². The number of nitrogens with zero attached hydrogens (tertiary/aromatic N) is 5. The Hall–Kier alpha value is -4.13. The first kappa shape index (κ1) is 24.0. The molecule has 2 heterocycles. The van der Waals surface area contributed by atoms with Gasteiger partial charge in [-0.25, -0.2) is 9.78 Å². The molecule has 3 aromatic rings. The molecule has 1 fully saturated rings. The van der Waals surface area contributed by atoms with Crippen molar-refractivity contribution in [3.63, 3.8) is 0 Å². The summed E-state index contributed by atoms with van der Waals surface area (Å²) in [5.74, 6) is 1.06. The van der Waals surface area contributed by atoms with E-state index in [1.165, 1.54) is 4.80 Å². The fourth-order valence-corrected chi connectivity index (χ4v) is 4.04. The Bertz CT molecular complexity index is 1200. The predicted octanol–water partition coefficient (Wildman–Crippen LogP) is 4.53. The molecule has 4 rings (SSSR count). The molecule has 2 atom stereocenters. The monoisotopic (exact) mass is 474 g/mol. The molecule has 182 valence electrons. The SMILES string of the molecule is CC(C)(C)OC(=O)N[C@H]1CCCC[C@H]1Nc1ccc(C#N)c(Nc2cccc(-n3nccn3)c2)n1. The minimum Gasteiger partial charge on any atom is -0.444 e. The number of carbonyl (C=O) groups excluding carboxylic acids is 1. The molecule has 0 bridgehead atoms. The highest BCUT2D eigenvalue weighted by atomic mass is 16.6. The van der Waals surface area contributed by atoms with Crippen molar-refractivity contribution in [1.82, 2.24) is 25.3 Å². The Morgan fingerprint density at radius 2 is 1.86 bits per heavy atom. The van der Waals surface area contributed by atoms with Crippen LogP contribution in [0.5, 0.6) is 0 Å². The number of nitrogens with one attached hydrogen (secondary N) is 3. The second kappa shape index (κ2) is 10.4. The van der Waals surface area contributed by atoms with Crippen LogP contribution in [0.2, 0.25) is 0 Å². The van der Waals surface area contributed by atoms with Gasteiger partial charge in [-0.1, -0.05) is 18.9 Å². The van der Waals surface area contributed by atoms with Crippen molar-refractivity contribution in [2.45, 2.75) is 64.1 Å². The fourth-order valence-electron chi connectivity index (χ4n) is 4.04. The number of rotatable bonds is 6. The molecule has 0 unspecified atom stereocenters. The fraction of sp³-hybridized carbons (Fsp3) is 0.400. The molecule has 10 heteroatoms. The highest BCUT2D eigenvalue weighted by molar-refractivity contribution is 5.69. The van der Waals surface area contributed by atoms with Gasteiger partial charge in [-0.15, -0.1) is 0 Å². The number of benzene rings is 1. The van der Waals surface area contributed by atoms with Gasteiger partial charge in [0.1, 0.15) is 17.5 Å². The molecule has 3 N–H and O–H groups in total. The van der Waals surface area contributed by atoms with E-state index in [2.05, 4.69) is 37.2 Å². The maximum atomic E-state index is 12.3. The van der Waals surface area contributed by atoms with E-state index in [0.717, 1.165) is 37.1 Å². The van der Waals surface area contributed by atoms with Crippen molar-refractivity contribution in [2.75, 3.05) is 10.6 Å². The molecule has 1 aromatic carbocycles. The first-order valence-electron chi connectivity index (χ1n) is 11.7. The first-order chi connectivity index (χ1) is 16.8. The van der Waals surface area contributed by atoms with Gasteiger partial charge in [-0.3, -0.25) is 0 Å². The molecule has 35 heavy (non-hydrogen) atoms. The second-order valence-electron chi connectivity index (χ2n) is 9.49. The predicted molar refractivity (Wildman–Crippen MR) is 133 cm³/mol. The maximum Gasteiger partial charge on any atom is 0.407 e. The number of carbonyl (C=O) groups is 1. The summed E-state index contributed by atoms with van der Waals surface area (Å²) in [6, 6.07) is 13.2. The van der Waals surface area contributed by atoms with Crippen LogP contribution in [0.15, 0.2) is 48.8 Å². The van der Waals surface area contributed by atoms with Crippen LogP contribution < -0.4 is 16.0 Å². The number of anilines is 3. The molecule has 1 aliphatic rings. The molecule has 1 saturated carbocycles. The van der Waals surface area contributed by atoms with Gasteiger partial charge in [0.2, 0.25) is 0 Å². The van der Waals surface area contributed by atoms with Crippen molar-refractivity contribution in [3.8, 4) is 11.8 Å². The summed E-state index contributed by atoms with van der Waals surface area (Å²) >= 11 is 0. The van der Waals surface area contributed by atoms with Crippen LogP contribution in [0.1, 0.15) is 52.0 Å². The summed E-state index contributed by atoms with van der Waals surface area (Å²) < 4.78 is 5.44. The lowest BCUT2D eigenvalue weighted by Gasteiger charge is -2.33. The van der Waals surface area contributed by atoms with Gasteiger partial charge in [-0.05, 0) is 63.9 Å². The molecule has 0 spiro atoms. The highest BCUT2D eigenvalue weighted by Gasteiger charge is 2.28. The average molecular weight is 475 g/mol. The zero-order chi connectivity index (χ0) is 24.8. The normalized spacial score (nSPS) is 17.8. The third-order valence-corrected chi connectivity index (χ3v) is 5.58. The van der Waals surface area contributed by atoms with Gasteiger partial charge in [0, 0.05) is 11.7 Å². The van der Waals surface area contributed by atoms with Crippen molar-refractivity contribution < 1.29 is 9.53 Å². The van der Waals surface area contributed by atoms with E-state index >= 15 is 0 Å². The first-order valence-corrected chi connectivity index (χ1v) is 11.7. The molecular weight excluding hydrogens is 444 g/mol. The lowest BCUT2D eigenvalue weighted by molar-refractivity contribution is 0.0488. The van der Waals surface area contributed by atoms with Gasteiger partial charge < -0.3 is 20.7 Å². The molecule has 2 aromatic heterocycles. The van der Waals surface area contributed by atoms with Crippen LogP contribution >= 0.6 is 0 Å². The van der Waals surface area contributed by atoms with Gasteiger partial charge >= 0.3 is 6.09 Å². The quantitative estimate of drug-likeness (QED) is 0.475. The molecule has 0 aliphatic heterocycles. The molecule has 10 nitrogen and oxygen atoms in total. The zero-order valence-electron chi connectivity index (χ0n) is 20.2. The van der Waals surface area contributed by atoms with Crippen molar-refractivity contribution in [3.05, 3.63) is 54.4 Å².